The first-order chi connectivity index (χ1) is 12.6. The first-order valence-corrected chi connectivity index (χ1v) is 9.78. The lowest BCUT2D eigenvalue weighted by atomic mass is 10.1. The number of rotatable bonds is 18. The molecule has 0 aromatic carbocycles. The molecule has 0 radical (unpaired) electrons. The van der Waals surface area contributed by atoms with Crippen LogP contribution in [0.5, 0.6) is 0 Å². The number of unbranched alkanes of at least 4 members (excludes halogenated alkanes) is 6. The summed E-state index contributed by atoms with van der Waals surface area (Å²) < 4.78 is 10.4. The van der Waals surface area contributed by atoms with E-state index < -0.39 is 5.97 Å². The van der Waals surface area contributed by atoms with Crippen LogP contribution in [-0.2, 0) is 23.9 Å². The summed E-state index contributed by atoms with van der Waals surface area (Å²) in [4.78, 5) is 33.1. The standard InChI is InChI=1S/C19H35NO6/c1-2-3-4-5-6-7-8-10-19(24)26-16-15-25-14-9-13-20-17(21)11-12-18(22)23/h2-16H2,1H3,(H,20,21)(H,22,23). The zero-order valence-corrected chi connectivity index (χ0v) is 16.1. The second kappa shape index (κ2) is 18.2. The number of carbonyl (C=O) groups excluding carboxylic acids is 2. The van der Waals surface area contributed by atoms with E-state index in [1.165, 1.54) is 32.1 Å². The van der Waals surface area contributed by atoms with Crippen LogP contribution in [0.3, 0.4) is 0 Å². The van der Waals surface area contributed by atoms with Gasteiger partial charge in [0.25, 0.3) is 0 Å². The zero-order chi connectivity index (χ0) is 19.5. The van der Waals surface area contributed by atoms with Crippen LogP contribution in [0.15, 0.2) is 0 Å². The Bertz CT molecular complexity index is 386. The van der Waals surface area contributed by atoms with Crippen molar-refractivity contribution in [3.05, 3.63) is 0 Å². The van der Waals surface area contributed by atoms with Gasteiger partial charge in [-0.3, -0.25) is 14.4 Å². The molecule has 7 nitrogen and oxygen atoms in total. The molecule has 0 saturated heterocycles. The summed E-state index contributed by atoms with van der Waals surface area (Å²) in [5.41, 5.74) is 0. The SMILES string of the molecule is CCCCCCCCCC(=O)OCCOCCCNC(=O)CCC(=O)O. The van der Waals surface area contributed by atoms with Crippen LogP contribution < -0.4 is 5.32 Å². The minimum Gasteiger partial charge on any atom is -0.481 e. The third-order valence-electron chi connectivity index (χ3n) is 3.83. The molecular weight excluding hydrogens is 338 g/mol. The Labute approximate surface area is 156 Å². The number of carboxylic acid groups (broad SMARTS) is 1. The second-order valence-corrected chi connectivity index (χ2v) is 6.30. The molecule has 0 aromatic heterocycles. The van der Waals surface area contributed by atoms with Gasteiger partial charge in [-0.15, -0.1) is 0 Å². The number of carbonyl (C=O) groups is 3. The summed E-state index contributed by atoms with van der Waals surface area (Å²) >= 11 is 0. The number of esters is 1. The molecule has 0 atom stereocenters. The average molecular weight is 373 g/mol. The van der Waals surface area contributed by atoms with E-state index in [0.29, 0.717) is 32.6 Å². The molecule has 0 spiro atoms. The summed E-state index contributed by atoms with van der Waals surface area (Å²) in [5.74, 6) is -1.43. The average Bonchev–Trinajstić information content (AvgIpc) is 2.61. The molecule has 7 heteroatoms. The van der Waals surface area contributed by atoms with Gasteiger partial charge in [0.15, 0.2) is 0 Å². The molecular formula is C19H35NO6. The Hall–Kier alpha value is -1.63. The van der Waals surface area contributed by atoms with Crippen molar-refractivity contribution in [2.24, 2.45) is 0 Å². The van der Waals surface area contributed by atoms with Gasteiger partial charge in [0.1, 0.15) is 6.61 Å². The fourth-order valence-corrected chi connectivity index (χ4v) is 2.33. The van der Waals surface area contributed by atoms with Crippen LogP contribution in [-0.4, -0.2) is 49.3 Å². The van der Waals surface area contributed by atoms with E-state index >= 15 is 0 Å². The molecule has 1 amide bonds. The van der Waals surface area contributed by atoms with Crippen LogP contribution in [0.2, 0.25) is 0 Å². The number of hydrogen-bond acceptors (Lipinski definition) is 5. The lowest BCUT2D eigenvalue weighted by molar-refractivity contribution is -0.145. The van der Waals surface area contributed by atoms with Crippen LogP contribution in [0.25, 0.3) is 0 Å². The van der Waals surface area contributed by atoms with Crippen molar-refractivity contribution in [2.45, 2.75) is 77.6 Å². The lowest BCUT2D eigenvalue weighted by Crippen LogP contribution is -2.25. The number of carboxylic acids is 1. The first-order valence-electron chi connectivity index (χ1n) is 9.78. The van der Waals surface area contributed by atoms with Crippen molar-refractivity contribution >= 4 is 17.8 Å². The van der Waals surface area contributed by atoms with Crippen molar-refractivity contribution in [3.8, 4) is 0 Å². The lowest BCUT2D eigenvalue weighted by Gasteiger charge is -2.07. The summed E-state index contributed by atoms with van der Waals surface area (Å²) in [7, 11) is 0. The van der Waals surface area contributed by atoms with Gasteiger partial charge in [0, 0.05) is 26.0 Å². The number of hydrogen-bond donors (Lipinski definition) is 2. The number of ether oxygens (including phenoxy) is 2. The monoisotopic (exact) mass is 373 g/mol. The highest BCUT2D eigenvalue weighted by atomic mass is 16.6. The van der Waals surface area contributed by atoms with Gasteiger partial charge in [0.2, 0.25) is 5.91 Å². The van der Waals surface area contributed by atoms with Gasteiger partial charge in [-0.25, -0.2) is 0 Å². The highest BCUT2D eigenvalue weighted by molar-refractivity contribution is 5.80. The molecule has 0 aromatic rings. The Morgan fingerprint density at radius 1 is 0.808 bits per heavy atom. The van der Waals surface area contributed by atoms with E-state index in [1.54, 1.807) is 0 Å². The van der Waals surface area contributed by atoms with Crippen LogP contribution >= 0.6 is 0 Å². The third-order valence-corrected chi connectivity index (χ3v) is 3.83. The molecule has 0 fully saturated rings. The van der Waals surface area contributed by atoms with E-state index in [4.69, 9.17) is 14.6 Å². The number of nitrogens with one attached hydrogen (secondary N) is 1. The third kappa shape index (κ3) is 18.7. The van der Waals surface area contributed by atoms with Crippen molar-refractivity contribution in [1.29, 1.82) is 0 Å². The maximum Gasteiger partial charge on any atom is 0.305 e. The van der Waals surface area contributed by atoms with E-state index in [1.807, 2.05) is 0 Å². The molecule has 152 valence electrons. The van der Waals surface area contributed by atoms with E-state index in [-0.39, 0.29) is 31.3 Å². The summed E-state index contributed by atoms with van der Waals surface area (Å²) in [6.45, 7) is 3.68. The predicted octanol–water partition coefficient (Wildman–Crippen LogP) is 3.06. The van der Waals surface area contributed by atoms with E-state index in [2.05, 4.69) is 12.2 Å². The zero-order valence-electron chi connectivity index (χ0n) is 16.1. The van der Waals surface area contributed by atoms with Crippen LogP contribution in [0.1, 0.15) is 77.6 Å². The molecule has 0 rings (SSSR count). The van der Waals surface area contributed by atoms with Crippen LogP contribution in [0.4, 0.5) is 0 Å². The molecule has 0 aliphatic heterocycles. The predicted molar refractivity (Wildman–Crippen MR) is 98.9 cm³/mol. The Morgan fingerprint density at radius 2 is 1.50 bits per heavy atom. The Kier molecular flexibility index (Phi) is 17.0. The summed E-state index contributed by atoms with van der Waals surface area (Å²) in [5, 5.41) is 11.1. The summed E-state index contributed by atoms with van der Waals surface area (Å²) in [6, 6.07) is 0. The minimum absolute atomic E-state index is 0.00905. The van der Waals surface area contributed by atoms with Gasteiger partial charge in [-0.2, -0.15) is 0 Å². The normalized spacial score (nSPS) is 10.5. The maximum absolute atomic E-state index is 11.5. The number of aliphatic carboxylic acids is 1. The van der Waals surface area contributed by atoms with E-state index in [9.17, 15) is 14.4 Å². The van der Waals surface area contributed by atoms with Gasteiger partial charge in [0.05, 0.1) is 13.0 Å². The minimum atomic E-state index is -0.981. The first kappa shape index (κ1) is 24.4. The molecule has 0 aliphatic rings. The fourth-order valence-electron chi connectivity index (χ4n) is 2.33. The second-order valence-electron chi connectivity index (χ2n) is 6.30. The van der Waals surface area contributed by atoms with Crippen LogP contribution in [0, 0.1) is 0 Å². The molecule has 0 heterocycles. The van der Waals surface area contributed by atoms with Crippen molar-refractivity contribution in [3.63, 3.8) is 0 Å². The topological polar surface area (TPSA) is 102 Å². The quantitative estimate of drug-likeness (QED) is 0.283. The van der Waals surface area contributed by atoms with E-state index in [0.717, 1.165) is 12.8 Å². The Balaban J connectivity index is 3.27. The van der Waals surface area contributed by atoms with Crippen molar-refractivity contribution in [1.82, 2.24) is 5.32 Å². The molecule has 26 heavy (non-hydrogen) atoms. The molecule has 2 N–H and O–H groups in total. The van der Waals surface area contributed by atoms with Gasteiger partial charge in [-0.1, -0.05) is 45.4 Å². The molecule has 0 aliphatic carbocycles. The molecule has 0 bridgehead atoms. The van der Waals surface area contributed by atoms with Crippen molar-refractivity contribution < 1.29 is 29.0 Å². The van der Waals surface area contributed by atoms with Crippen molar-refractivity contribution in [2.75, 3.05) is 26.4 Å². The maximum atomic E-state index is 11.5. The fraction of sp³-hybridized carbons (Fsp3) is 0.842. The molecule has 0 saturated carbocycles. The highest BCUT2D eigenvalue weighted by Gasteiger charge is 2.04. The highest BCUT2D eigenvalue weighted by Crippen LogP contribution is 2.08. The van der Waals surface area contributed by atoms with Gasteiger partial charge in [-0.05, 0) is 12.8 Å². The van der Waals surface area contributed by atoms with Gasteiger partial charge >= 0.3 is 11.9 Å². The smallest absolute Gasteiger partial charge is 0.305 e. The van der Waals surface area contributed by atoms with Gasteiger partial charge < -0.3 is 19.9 Å². The largest absolute Gasteiger partial charge is 0.481 e. The Morgan fingerprint density at radius 3 is 2.19 bits per heavy atom. The summed E-state index contributed by atoms with van der Waals surface area (Å²) in [6.07, 6.45) is 9.14. The molecule has 0 unspecified atom stereocenters. The number of amides is 1.